The molecule has 2 aromatic carbocycles. The Labute approximate surface area is 217 Å². The number of rotatable bonds is 6. The van der Waals surface area contributed by atoms with E-state index in [2.05, 4.69) is 20.3 Å². The fraction of sp³-hybridized carbons (Fsp3) is 0.240. The summed E-state index contributed by atoms with van der Waals surface area (Å²) >= 11 is 0. The SMILES string of the molecule is CS(=O)(=O)Nc1ncccc1-c1ccc(N2CCCC(NC(=O)Nc3ccc(C(F)(F)F)cc3)C2=O)cc1. The maximum Gasteiger partial charge on any atom is 0.416 e. The predicted octanol–water partition coefficient (Wildman–Crippen LogP) is 4.46. The number of carbonyl (C=O) groups is 2. The predicted molar refractivity (Wildman–Crippen MR) is 137 cm³/mol. The van der Waals surface area contributed by atoms with Crippen LogP contribution in [-0.2, 0) is 21.0 Å². The lowest BCUT2D eigenvalue weighted by Crippen LogP contribution is -2.53. The third-order valence-electron chi connectivity index (χ3n) is 5.79. The first kappa shape index (κ1) is 26.9. The Bertz CT molecular complexity index is 1430. The topological polar surface area (TPSA) is 120 Å². The van der Waals surface area contributed by atoms with Gasteiger partial charge in [0.1, 0.15) is 11.9 Å². The van der Waals surface area contributed by atoms with Crippen LogP contribution >= 0.6 is 0 Å². The molecule has 1 saturated heterocycles. The number of carbonyl (C=O) groups excluding carboxylic acids is 2. The lowest BCUT2D eigenvalue weighted by atomic mass is 10.0. The highest BCUT2D eigenvalue weighted by molar-refractivity contribution is 7.92. The van der Waals surface area contributed by atoms with Gasteiger partial charge in [0.2, 0.25) is 15.9 Å². The van der Waals surface area contributed by atoms with Gasteiger partial charge in [-0.2, -0.15) is 13.2 Å². The third kappa shape index (κ3) is 6.59. The number of hydrogen-bond donors (Lipinski definition) is 3. The number of hydrogen-bond acceptors (Lipinski definition) is 5. The molecule has 9 nitrogen and oxygen atoms in total. The Kier molecular flexibility index (Phi) is 7.58. The molecule has 13 heteroatoms. The van der Waals surface area contributed by atoms with Crippen LogP contribution in [0.25, 0.3) is 11.1 Å². The van der Waals surface area contributed by atoms with Gasteiger partial charge < -0.3 is 15.5 Å². The van der Waals surface area contributed by atoms with E-state index < -0.39 is 33.8 Å². The van der Waals surface area contributed by atoms with Crippen LogP contribution < -0.4 is 20.3 Å². The van der Waals surface area contributed by atoms with Crippen LogP contribution in [0.5, 0.6) is 0 Å². The highest BCUT2D eigenvalue weighted by Crippen LogP contribution is 2.31. The van der Waals surface area contributed by atoms with Crippen LogP contribution in [0.2, 0.25) is 0 Å². The summed E-state index contributed by atoms with van der Waals surface area (Å²) in [6, 6.07) is 12.8. The van der Waals surface area contributed by atoms with Crippen molar-refractivity contribution in [2.75, 3.05) is 27.7 Å². The van der Waals surface area contributed by atoms with Crippen molar-refractivity contribution in [2.24, 2.45) is 0 Å². The smallest absolute Gasteiger partial charge is 0.326 e. The third-order valence-corrected chi connectivity index (χ3v) is 6.36. The van der Waals surface area contributed by atoms with Gasteiger partial charge >= 0.3 is 12.2 Å². The molecule has 1 aromatic heterocycles. The van der Waals surface area contributed by atoms with Crippen LogP contribution in [0.3, 0.4) is 0 Å². The van der Waals surface area contributed by atoms with E-state index in [-0.39, 0.29) is 17.4 Å². The molecule has 4 rings (SSSR count). The fourth-order valence-corrected chi connectivity index (χ4v) is 4.56. The molecule has 1 fully saturated rings. The molecule has 0 spiro atoms. The maximum atomic E-state index is 13.1. The van der Waals surface area contributed by atoms with Gasteiger partial charge in [-0.3, -0.25) is 9.52 Å². The van der Waals surface area contributed by atoms with Crippen molar-refractivity contribution in [1.29, 1.82) is 0 Å². The van der Waals surface area contributed by atoms with E-state index >= 15 is 0 Å². The molecule has 0 saturated carbocycles. The van der Waals surface area contributed by atoms with E-state index in [0.29, 0.717) is 36.2 Å². The van der Waals surface area contributed by atoms with Gasteiger partial charge in [-0.1, -0.05) is 12.1 Å². The Morgan fingerprint density at radius 3 is 2.37 bits per heavy atom. The molecule has 38 heavy (non-hydrogen) atoms. The van der Waals surface area contributed by atoms with Crippen molar-refractivity contribution in [2.45, 2.75) is 25.1 Å². The average Bonchev–Trinajstić information content (AvgIpc) is 2.85. The molecule has 3 amide bonds. The van der Waals surface area contributed by atoms with Gasteiger partial charge in [0.15, 0.2) is 0 Å². The van der Waals surface area contributed by atoms with E-state index in [1.54, 1.807) is 36.4 Å². The second kappa shape index (κ2) is 10.7. The highest BCUT2D eigenvalue weighted by atomic mass is 32.2. The van der Waals surface area contributed by atoms with Crippen molar-refractivity contribution >= 4 is 39.2 Å². The normalized spacial score (nSPS) is 16.2. The Morgan fingerprint density at radius 2 is 1.74 bits per heavy atom. The van der Waals surface area contributed by atoms with E-state index in [4.69, 9.17) is 0 Å². The molecule has 0 radical (unpaired) electrons. The number of nitrogens with one attached hydrogen (secondary N) is 3. The largest absolute Gasteiger partial charge is 0.416 e. The Hall–Kier alpha value is -4.13. The second-order valence-electron chi connectivity index (χ2n) is 8.68. The van der Waals surface area contributed by atoms with Crippen molar-refractivity contribution in [1.82, 2.24) is 10.3 Å². The molecule has 0 aliphatic carbocycles. The molecule has 1 aliphatic heterocycles. The Balaban J connectivity index is 1.42. The van der Waals surface area contributed by atoms with E-state index in [1.807, 2.05) is 0 Å². The standard InChI is InChI=1S/C25H24F3N5O4S/c1-38(36,37)32-22-20(4-2-14-29-22)16-6-12-19(13-7-16)33-15-3-5-21(23(33)34)31-24(35)30-18-10-8-17(9-11-18)25(26,27)28/h2,4,6-14,21H,3,5,15H2,1H3,(H,29,32)(H2,30,31,35). The fourth-order valence-electron chi connectivity index (χ4n) is 4.05. The van der Waals surface area contributed by atoms with Gasteiger partial charge in [-0.25, -0.2) is 18.2 Å². The van der Waals surface area contributed by atoms with Crippen molar-refractivity contribution < 1.29 is 31.2 Å². The van der Waals surface area contributed by atoms with Crippen molar-refractivity contribution in [3.8, 4) is 11.1 Å². The number of anilines is 3. The zero-order valence-corrected chi connectivity index (χ0v) is 20.9. The molecule has 200 valence electrons. The van der Waals surface area contributed by atoms with E-state index in [0.717, 1.165) is 30.5 Å². The molecule has 0 bridgehead atoms. The van der Waals surface area contributed by atoms with Crippen LogP contribution in [0, 0.1) is 0 Å². The highest BCUT2D eigenvalue weighted by Gasteiger charge is 2.32. The second-order valence-corrected chi connectivity index (χ2v) is 10.4. The van der Waals surface area contributed by atoms with Gasteiger partial charge in [-0.15, -0.1) is 0 Å². The zero-order chi connectivity index (χ0) is 27.5. The number of alkyl halides is 3. The molecular weight excluding hydrogens is 523 g/mol. The van der Waals surface area contributed by atoms with Gasteiger partial charge in [0, 0.05) is 29.7 Å². The number of aromatic nitrogens is 1. The summed E-state index contributed by atoms with van der Waals surface area (Å²) in [4.78, 5) is 31.2. The number of nitrogens with zero attached hydrogens (tertiary/aromatic N) is 2. The number of pyridine rings is 1. The summed E-state index contributed by atoms with van der Waals surface area (Å²) in [5.41, 5.74) is 1.16. The lowest BCUT2D eigenvalue weighted by molar-refractivity contribution is -0.137. The minimum Gasteiger partial charge on any atom is -0.326 e. The van der Waals surface area contributed by atoms with Gasteiger partial charge in [0.05, 0.1) is 11.8 Å². The number of halogens is 3. The number of piperidine rings is 1. The summed E-state index contributed by atoms with van der Waals surface area (Å²) in [5.74, 6) is -0.146. The average molecular weight is 548 g/mol. The number of amides is 3. The first-order valence-corrected chi connectivity index (χ1v) is 13.4. The van der Waals surface area contributed by atoms with Crippen LogP contribution in [0.15, 0.2) is 66.9 Å². The zero-order valence-electron chi connectivity index (χ0n) is 20.1. The quantitative estimate of drug-likeness (QED) is 0.421. The minimum absolute atomic E-state index is 0.159. The number of urea groups is 1. The van der Waals surface area contributed by atoms with Crippen molar-refractivity contribution in [3.63, 3.8) is 0 Å². The van der Waals surface area contributed by atoms with Crippen molar-refractivity contribution in [3.05, 3.63) is 72.4 Å². The monoisotopic (exact) mass is 547 g/mol. The molecule has 1 aliphatic rings. The first-order valence-electron chi connectivity index (χ1n) is 11.5. The van der Waals surface area contributed by atoms with Gasteiger partial charge in [-0.05, 0) is 66.9 Å². The van der Waals surface area contributed by atoms with E-state index in [9.17, 15) is 31.2 Å². The summed E-state index contributed by atoms with van der Waals surface area (Å²) in [6.07, 6.45) is -0.957. The summed E-state index contributed by atoms with van der Waals surface area (Å²) in [7, 11) is -3.53. The molecule has 1 unspecified atom stereocenters. The van der Waals surface area contributed by atoms with Gasteiger partial charge in [0.25, 0.3) is 0 Å². The molecule has 3 aromatic rings. The van der Waals surface area contributed by atoms with Crippen LogP contribution in [-0.4, -0.2) is 44.2 Å². The summed E-state index contributed by atoms with van der Waals surface area (Å²) in [5, 5.41) is 5.04. The van der Waals surface area contributed by atoms with Crippen LogP contribution in [0.4, 0.5) is 35.2 Å². The molecule has 2 heterocycles. The number of sulfonamides is 1. The lowest BCUT2D eigenvalue weighted by Gasteiger charge is -2.32. The summed E-state index contributed by atoms with van der Waals surface area (Å²) < 4.78 is 63.9. The molecular formula is C25H24F3N5O4S. The maximum absolute atomic E-state index is 13.1. The number of benzene rings is 2. The first-order chi connectivity index (χ1) is 17.9. The summed E-state index contributed by atoms with van der Waals surface area (Å²) in [6.45, 7) is 0.435. The molecule has 3 N–H and O–H groups in total. The Morgan fingerprint density at radius 1 is 1.05 bits per heavy atom. The van der Waals surface area contributed by atoms with Crippen LogP contribution in [0.1, 0.15) is 18.4 Å². The minimum atomic E-state index is -4.48. The van der Waals surface area contributed by atoms with E-state index in [1.165, 1.54) is 11.1 Å². The molecule has 1 atom stereocenters.